The number of anilines is 1. The van der Waals surface area contributed by atoms with E-state index in [0.29, 0.717) is 44.1 Å². The van der Waals surface area contributed by atoms with Gasteiger partial charge in [0.25, 0.3) is 0 Å². The second-order valence-electron chi connectivity index (χ2n) is 6.46. The molecule has 0 spiro atoms. The van der Waals surface area contributed by atoms with E-state index in [1.165, 1.54) is 0 Å². The van der Waals surface area contributed by atoms with E-state index >= 15 is 0 Å². The molecular weight excluding hydrogens is 332 g/mol. The monoisotopic (exact) mass is 352 g/mol. The van der Waals surface area contributed by atoms with Crippen LogP contribution in [0.25, 0.3) is 0 Å². The minimum absolute atomic E-state index is 0.00770. The highest BCUT2D eigenvalue weighted by atomic mass is 16.6. The van der Waals surface area contributed by atoms with Crippen LogP contribution >= 0.6 is 0 Å². The van der Waals surface area contributed by atoms with Crippen LogP contribution < -0.4 is 19.7 Å². The van der Waals surface area contributed by atoms with E-state index in [4.69, 9.17) is 9.47 Å². The summed E-state index contributed by atoms with van der Waals surface area (Å²) in [6, 6.07) is 14.9. The first-order valence-corrected chi connectivity index (χ1v) is 8.72. The van der Waals surface area contributed by atoms with Crippen molar-refractivity contribution in [2.75, 3.05) is 24.7 Å². The van der Waals surface area contributed by atoms with Crippen molar-refractivity contribution in [2.45, 2.75) is 18.9 Å². The molecule has 0 aliphatic carbocycles. The van der Waals surface area contributed by atoms with Crippen LogP contribution in [0.1, 0.15) is 12.0 Å². The van der Waals surface area contributed by atoms with E-state index in [2.05, 4.69) is 5.32 Å². The van der Waals surface area contributed by atoms with Crippen LogP contribution in [0, 0.1) is 0 Å². The Hall–Kier alpha value is -3.02. The summed E-state index contributed by atoms with van der Waals surface area (Å²) in [6.45, 7) is 1.49. The number of nitrogens with zero attached hydrogens (tertiary/aromatic N) is 1. The maximum Gasteiger partial charge on any atom is 0.229 e. The van der Waals surface area contributed by atoms with E-state index in [1.54, 1.807) is 4.90 Å². The van der Waals surface area contributed by atoms with E-state index in [1.807, 2.05) is 48.5 Å². The SMILES string of the molecule is O=C(Cc1ccccc1)N[C@H]1CC(=O)N(c2ccc3c(c2)OCCO3)C1. The van der Waals surface area contributed by atoms with Crippen molar-refractivity contribution in [1.29, 1.82) is 0 Å². The molecule has 1 N–H and O–H groups in total. The first-order valence-electron chi connectivity index (χ1n) is 8.72. The van der Waals surface area contributed by atoms with Crippen LogP contribution in [-0.4, -0.2) is 37.6 Å². The largest absolute Gasteiger partial charge is 0.486 e. The summed E-state index contributed by atoms with van der Waals surface area (Å²) in [6.07, 6.45) is 0.616. The standard InChI is InChI=1S/C20H20N2O4/c23-19(10-14-4-2-1-3-5-14)21-15-11-20(24)22(13-15)16-6-7-17-18(12-16)26-9-8-25-17/h1-7,12,15H,8-11,13H2,(H,21,23)/t15-/m0/s1. The molecule has 0 radical (unpaired) electrons. The van der Waals surface area contributed by atoms with Gasteiger partial charge in [0, 0.05) is 24.7 Å². The molecule has 0 saturated carbocycles. The van der Waals surface area contributed by atoms with Gasteiger partial charge in [0.05, 0.1) is 12.5 Å². The first kappa shape index (κ1) is 16.4. The number of fused-ring (bicyclic) bond motifs is 1. The number of hydrogen-bond donors (Lipinski definition) is 1. The highest BCUT2D eigenvalue weighted by molar-refractivity contribution is 5.97. The van der Waals surface area contributed by atoms with Gasteiger partial charge in [-0.3, -0.25) is 9.59 Å². The molecule has 6 heteroatoms. The van der Waals surface area contributed by atoms with Crippen LogP contribution in [-0.2, 0) is 16.0 Å². The molecule has 1 fully saturated rings. The lowest BCUT2D eigenvalue weighted by molar-refractivity contribution is -0.121. The lowest BCUT2D eigenvalue weighted by Crippen LogP contribution is -2.38. The predicted octanol–water partition coefficient (Wildman–Crippen LogP) is 1.92. The summed E-state index contributed by atoms with van der Waals surface area (Å²) in [5, 5.41) is 2.96. The quantitative estimate of drug-likeness (QED) is 0.913. The Labute approximate surface area is 151 Å². The fourth-order valence-electron chi connectivity index (χ4n) is 3.31. The Morgan fingerprint density at radius 2 is 1.85 bits per heavy atom. The average molecular weight is 352 g/mol. The topological polar surface area (TPSA) is 67.9 Å². The Bertz CT molecular complexity index is 822. The van der Waals surface area contributed by atoms with Gasteiger partial charge in [0.2, 0.25) is 11.8 Å². The van der Waals surface area contributed by atoms with E-state index < -0.39 is 0 Å². The van der Waals surface area contributed by atoms with Gasteiger partial charge in [0.15, 0.2) is 11.5 Å². The highest BCUT2D eigenvalue weighted by Gasteiger charge is 2.32. The lowest BCUT2D eigenvalue weighted by Gasteiger charge is -2.22. The number of carbonyl (C=O) groups is 2. The van der Waals surface area contributed by atoms with Gasteiger partial charge in [-0.2, -0.15) is 0 Å². The molecule has 2 heterocycles. The summed E-state index contributed by atoms with van der Waals surface area (Å²) in [7, 11) is 0. The molecule has 4 rings (SSSR count). The molecule has 1 atom stereocenters. The summed E-state index contributed by atoms with van der Waals surface area (Å²) in [4.78, 5) is 26.3. The number of nitrogens with one attached hydrogen (secondary N) is 1. The smallest absolute Gasteiger partial charge is 0.229 e. The molecule has 0 aromatic heterocycles. The van der Waals surface area contributed by atoms with E-state index in [9.17, 15) is 9.59 Å². The molecule has 26 heavy (non-hydrogen) atoms. The fourth-order valence-corrected chi connectivity index (χ4v) is 3.31. The number of benzene rings is 2. The number of amides is 2. The van der Waals surface area contributed by atoms with Gasteiger partial charge in [-0.1, -0.05) is 30.3 Å². The number of carbonyl (C=O) groups excluding carboxylic acids is 2. The van der Waals surface area contributed by atoms with Crippen molar-refractivity contribution in [3.8, 4) is 11.5 Å². The van der Waals surface area contributed by atoms with Crippen molar-refractivity contribution in [3.63, 3.8) is 0 Å². The maximum absolute atomic E-state index is 12.4. The highest BCUT2D eigenvalue weighted by Crippen LogP contribution is 2.35. The molecule has 2 amide bonds. The summed E-state index contributed by atoms with van der Waals surface area (Å²) >= 11 is 0. The van der Waals surface area contributed by atoms with Crippen molar-refractivity contribution in [3.05, 3.63) is 54.1 Å². The minimum atomic E-state index is -0.188. The minimum Gasteiger partial charge on any atom is -0.486 e. The van der Waals surface area contributed by atoms with Gasteiger partial charge < -0.3 is 19.7 Å². The predicted molar refractivity (Wildman–Crippen MR) is 96.5 cm³/mol. The van der Waals surface area contributed by atoms with Gasteiger partial charge in [-0.05, 0) is 17.7 Å². The zero-order valence-corrected chi connectivity index (χ0v) is 14.3. The van der Waals surface area contributed by atoms with E-state index in [-0.39, 0.29) is 17.9 Å². The number of hydrogen-bond acceptors (Lipinski definition) is 4. The van der Waals surface area contributed by atoms with Crippen molar-refractivity contribution in [1.82, 2.24) is 5.32 Å². The second kappa shape index (κ2) is 7.07. The Morgan fingerprint density at radius 3 is 2.65 bits per heavy atom. The average Bonchev–Trinajstić information content (AvgIpc) is 3.02. The summed E-state index contributed by atoms with van der Waals surface area (Å²) in [5.41, 5.74) is 1.72. The lowest BCUT2D eigenvalue weighted by atomic mass is 10.1. The first-order chi connectivity index (χ1) is 12.7. The van der Waals surface area contributed by atoms with Crippen LogP contribution in [0.4, 0.5) is 5.69 Å². The maximum atomic E-state index is 12.4. The summed E-state index contributed by atoms with van der Waals surface area (Å²) < 4.78 is 11.1. The normalized spacial score (nSPS) is 18.7. The summed E-state index contributed by atoms with van der Waals surface area (Å²) in [5.74, 6) is 1.27. The van der Waals surface area contributed by atoms with Crippen molar-refractivity contribution in [2.24, 2.45) is 0 Å². The molecule has 1 saturated heterocycles. The Balaban J connectivity index is 1.40. The molecular formula is C20H20N2O4. The van der Waals surface area contributed by atoms with Gasteiger partial charge in [0.1, 0.15) is 13.2 Å². The second-order valence-corrected chi connectivity index (χ2v) is 6.46. The van der Waals surface area contributed by atoms with Crippen LogP contribution in [0.15, 0.2) is 48.5 Å². The number of ether oxygens (including phenoxy) is 2. The molecule has 2 aliphatic rings. The van der Waals surface area contributed by atoms with Crippen LogP contribution in [0.3, 0.4) is 0 Å². The zero-order valence-electron chi connectivity index (χ0n) is 14.3. The third-order valence-electron chi connectivity index (χ3n) is 4.54. The zero-order chi connectivity index (χ0) is 17.9. The van der Waals surface area contributed by atoms with E-state index in [0.717, 1.165) is 11.3 Å². The molecule has 0 unspecified atom stereocenters. The third kappa shape index (κ3) is 3.49. The number of rotatable bonds is 4. The molecule has 2 aromatic rings. The van der Waals surface area contributed by atoms with Gasteiger partial charge >= 0.3 is 0 Å². The molecule has 2 aromatic carbocycles. The Kier molecular flexibility index (Phi) is 4.48. The fraction of sp³-hybridized carbons (Fsp3) is 0.300. The molecule has 2 aliphatic heterocycles. The van der Waals surface area contributed by atoms with Gasteiger partial charge in [-0.15, -0.1) is 0 Å². The van der Waals surface area contributed by atoms with Gasteiger partial charge in [-0.25, -0.2) is 0 Å². The molecule has 6 nitrogen and oxygen atoms in total. The van der Waals surface area contributed by atoms with Crippen molar-refractivity contribution >= 4 is 17.5 Å². The molecule has 134 valence electrons. The molecule has 0 bridgehead atoms. The van der Waals surface area contributed by atoms with Crippen LogP contribution in [0.2, 0.25) is 0 Å². The van der Waals surface area contributed by atoms with Crippen molar-refractivity contribution < 1.29 is 19.1 Å². The Morgan fingerprint density at radius 1 is 1.08 bits per heavy atom. The third-order valence-corrected chi connectivity index (χ3v) is 4.54. The van der Waals surface area contributed by atoms with Crippen LogP contribution in [0.5, 0.6) is 11.5 Å².